The first-order valence-corrected chi connectivity index (χ1v) is 13.1. The van der Waals surface area contributed by atoms with Crippen LogP contribution >= 0.6 is 0 Å². The molecule has 7 nitrogen and oxygen atoms in total. The van der Waals surface area contributed by atoms with Crippen molar-refractivity contribution in [1.82, 2.24) is 15.1 Å². The molecule has 3 aliphatic heterocycles. The number of hydrogen-bond acceptors (Lipinski definition) is 5. The van der Waals surface area contributed by atoms with Gasteiger partial charge in [0.15, 0.2) is 0 Å². The predicted octanol–water partition coefficient (Wildman–Crippen LogP) is 4.41. The van der Waals surface area contributed by atoms with Gasteiger partial charge in [0.25, 0.3) is 5.91 Å². The average molecular weight is 510 g/mol. The molecule has 2 amide bonds. The minimum Gasteiger partial charge on any atom is -0.492 e. The molecule has 3 aromatic carbocycles. The summed E-state index contributed by atoms with van der Waals surface area (Å²) in [4.78, 5) is 29.7. The van der Waals surface area contributed by atoms with Crippen LogP contribution < -0.4 is 14.8 Å². The molecule has 3 aliphatic rings. The summed E-state index contributed by atoms with van der Waals surface area (Å²) in [5.74, 6) is 1.38. The van der Waals surface area contributed by atoms with Crippen LogP contribution in [0.3, 0.4) is 0 Å². The molecule has 3 aromatic rings. The third-order valence-electron chi connectivity index (χ3n) is 7.51. The first kappa shape index (κ1) is 24.2. The van der Waals surface area contributed by atoms with Crippen molar-refractivity contribution >= 4 is 11.8 Å². The zero-order valence-electron chi connectivity index (χ0n) is 21.3. The van der Waals surface area contributed by atoms with Gasteiger partial charge in [0.1, 0.15) is 30.8 Å². The van der Waals surface area contributed by atoms with E-state index in [9.17, 15) is 9.59 Å². The Morgan fingerprint density at radius 2 is 1.79 bits per heavy atom. The Kier molecular flexibility index (Phi) is 6.60. The fourth-order valence-corrected chi connectivity index (χ4v) is 5.45. The van der Waals surface area contributed by atoms with Crippen LogP contribution in [0.2, 0.25) is 0 Å². The maximum atomic E-state index is 13.1. The van der Waals surface area contributed by atoms with Gasteiger partial charge in [0, 0.05) is 42.0 Å². The van der Waals surface area contributed by atoms with Crippen LogP contribution in [0, 0.1) is 0 Å². The Bertz CT molecular complexity index is 1380. The Hall–Kier alpha value is -4.10. The Labute approximate surface area is 222 Å². The van der Waals surface area contributed by atoms with Gasteiger partial charge in [-0.1, -0.05) is 55.1 Å². The normalized spacial score (nSPS) is 19.3. The molecular formula is C31H31N3O4. The van der Waals surface area contributed by atoms with Gasteiger partial charge >= 0.3 is 0 Å². The highest BCUT2D eigenvalue weighted by atomic mass is 16.5. The van der Waals surface area contributed by atoms with Gasteiger partial charge in [-0.3, -0.25) is 14.5 Å². The number of nitrogens with one attached hydrogen (secondary N) is 1. The zero-order valence-corrected chi connectivity index (χ0v) is 21.3. The lowest BCUT2D eigenvalue weighted by Crippen LogP contribution is -2.49. The molecule has 0 radical (unpaired) electrons. The smallest absolute Gasteiger partial charge is 0.255 e. The van der Waals surface area contributed by atoms with E-state index >= 15 is 0 Å². The number of rotatable bonds is 6. The van der Waals surface area contributed by atoms with Crippen LogP contribution in [0.1, 0.15) is 45.5 Å². The van der Waals surface area contributed by atoms with E-state index in [0.717, 1.165) is 36.5 Å². The van der Waals surface area contributed by atoms with Crippen molar-refractivity contribution in [2.24, 2.45) is 0 Å². The first-order valence-electron chi connectivity index (χ1n) is 13.1. The topological polar surface area (TPSA) is 71.1 Å². The fraction of sp³-hybridized carbons (Fsp3) is 0.290. The number of carbonyl (C=O) groups is 2. The number of para-hydroxylation sites is 1. The molecule has 194 valence electrons. The molecular weight excluding hydrogens is 478 g/mol. The monoisotopic (exact) mass is 509 g/mol. The lowest BCUT2D eigenvalue weighted by atomic mass is 10.0. The third-order valence-corrected chi connectivity index (χ3v) is 7.51. The quantitative estimate of drug-likeness (QED) is 0.533. The number of amides is 2. The van der Waals surface area contributed by atoms with Crippen LogP contribution in [0.15, 0.2) is 79.0 Å². The summed E-state index contributed by atoms with van der Waals surface area (Å²) in [5.41, 5.74) is 5.67. The number of allylic oxidation sites excluding steroid dienone is 1. The second-order valence-electron chi connectivity index (χ2n) is 10.1. The third kappa shape index (κ3) is 4.89. The molecule has 0 spiro atoms. The van der Waals surface area contributed by atoms with E-state index in [1.54, 1.807) is 4.90 Å². The van der Waals surface area contributed by atoms with Gasteiger partial charge in [-0.05, 0) is 42.2 Å². The summed E-state index contributed by atoms with van der Waals surface area (Å²) < 4.78 is 12.1. The Morgan fingerprint density at radius 1 is 0.974 bits per heavy atom. The van der Waals surface area contributed by atoms with Crippen LogP contribution in [-0.2, 0) is 31.0 Å². The molecule has 1 fully saturated rings. The highest BCUT2D eigenvalue weighted by molar-refractivity contribution is 6.02. The molecule has 3 heterocycles. The molecule has 0 bridgehead atoms. The van der Waals surface area contributed by atoms with Crippen LogP contribution in [0.25, 0.3) is 0 Å². The Morgan fingerprint density at radius 3 is 2.63 bits per heavy atom. The van der Waals surface area contributed by atoms with E-state index in [4.69, 9.17) is 9.47 Å². The van der Waals surface area contributed by atoms with Gasteiger partial charge in [0.2, 0.25) is 5.91 Å². The number of benzene rings is 3. The molecule has 7 heteroatoms. The second-order valence-corrected chi connectivity index (χ2v) is 10.1. The highest BCUT2D eigenvalue weighted by Crippen LogP contribution is 2.34. The average Bonchev–Trinajstić information content (AvgIpc) is 3.11. The molecule has 1 unspecified atom stereocenters. The minimum atomic E-state index is -0.481. The number of hydrogen-bond donors (Lipinski definition) is 1. The summed E-state index contributed by atoms with van der Waals surface area (Å²) in [6.07, 6.45) is 1.26. The summed E-state index contributed by atoms with van der Waals surface area (Å²) in [5, 5.41) is 2.78. The van der Waals surface area contributed by atoms with Crippen molar-refractivity contribution in [3.8, 4) is 11.5 Å². The summed E-state index contributed by atoms with van der Waals surface area (Å²) >= 11 is 0. The van der Waals surface area contributed by atoms with E-state index in [0.29, 0.717) is 49.6 Å². The standard InChI is InChI=1S/C31H31N3O4/c1-21-9-14-27(30(35)32-21)34-19-26-25(31(34)36)6-4-8-29(26)38-20-23-12-10-22(11-13-23)17-33-15-16-37-28-7-3-2-5-24(28)18-33/h2-8,10-13,27H,1,9,14-20H2,(H,32,35). The van der Waals surface area contributed by atoms with E-state index < -0.39 is 6.04 Å². The largest absolute Gasteiger partial charge is 0.492 e. The van der Waals surface area contributed by atoms with Gasteiger partial charge < -0.3 is 19.7 Å². The van der Waals surface area contributed by atoms with Gasteiger partial charge in [0.05, 0.1) is 6.54 Å². The van der Waals surface area contributed by atoms with Gasteiger partial charge in [-0.2, -0.15) is 0 Å². The van der Waals surface area contributed by atoms with Crippen LogP contribution in [0.4, 0.5) is 0 Å². The maximum absolute atomic E-state index is 13.1. The predicted molar refractivity (Wildman–Crippen MR) is 143 cm³/mol. The molecule has 1 saturated heterocycles. The highest BCUT2D eigenvalue weighted by Gasteiger charge is 2.39. The van der Waals surface area contributed by atoms with Crippen molar-refractivity contribution in [2.75, 3.05) is 13.2 Å². The Balaban J connectivity index is 1.08. The van der Waals surface area contributed by atoms with Crippen molar-refractivity contribution in [3.63, 3.8) is 0 Å². The van der Waals surface area contributed by atoms with Gasteiger partial charge in [-0.15, -0.1) is 0 Å². The van der Waals surface area contributed by atoms with E-state index in [1.807, 2.05) is 30.3 Å². The minimum absolute atomic E-state index is 0.121. The first-order chi connectivity index (χ1) is 18.5. The number of carbonyl (C=O) groups excluding carboxylic acids is 2. The summed E-state index contributed by atoms with van der Waals surface area (Å²) in [6.45, 7) is 7.90. The van der Waals surface area contributed by atoms with E-state index in [1.165, 1.54) is 11.1 Å². The fourth-order valence-electron chi connectivity index (χ4n) is 5.45. The van der Waals surface area contributed by atoms with Crippen molar-refractivity contribution in [3.05, 3.63) is 107 Å². The number of ether oxygens (including phenoxy) is 2. The molecule has 6 rings (SSSR count). The maximum Gasteiger partial charge on any atom is 0.255 e. The number of piperidine rings is 1. The van der Waals surface area contributed by atoms with Gasteiger partial charge in [-0.25, -0.2) is 0 Å². The van der Waals surface area contributed by atoms with Crippen molar-refractivity contribution in [2.45, 2.75) is 45.1 Å². The second kappa shape index (κ2) is 10.3. The van der Waals surface area contributed by atoms with Crippen LogP contribution in [0.5, 0.6) is 11.5 Å². The number of nitrogens with zero attached hydrogens (tertiary/aromatic N) is 2. The molecule has 1 atom stereocenters. The van der Waals surface area contributed by atoms with Crippen LogP contribution in [-0.4, -0.2) is 40.8 Å². The van der Waals surface area contributed by atoms with E-state index in [2.05, 4.69) is 53.2 Å². The number of fused-ring (bicyclic) bond motifs is 2. The SMILES string of the molecule is C=C1CCC(N2Cc3c(OCc4ccc(CN5CCOc6ccccc6C5)cc4)cccc3C2=O)C(=O)N1. The summed E-state index contributed by atoms with van der Waals surface area (Å²) in [7, 11) is 0. The zero-order chi connectivity index (χ0) is 26.1. The lowest BCUT2D eigenvalue weighted by Gasteiger charge is -2.31. The lowest BCUT2D eigenvalue weighted by molar-refractivity contribution is -0.126. The molecule has 0 saturated carbocycles. The van der Waals surface area contributed by atoms with Crippen molar-refractivity contribution in [1.29, 1.82) is 0 Å². The molecule has 0 aromatic heterocycles. The van der Waals surface area contributed by atoms with E-state index in [-0.39, 0.29) is 11.8 Å². The molecule has 1 N–H and O–H groups in total. The summed E-state index contributed by atoms with van der Waals surface area (Å²) in [6, 6.07) is 21.8. The molecule has 38 heavy (non-hydrogen) atoms. The van der Waals surface area contributed by atoms with Crippen molar-refractivity contribution < 1.29 is 19.1 Å². The molecule has 0 aliphatic carbocycles.